The van der Waals surface area contributed by atoms with Gasteiger partial charge >= 0.3 is 5.97 Å². The Kier molecular flexibility index (Phi) is 6.32. The first-order valence-electron chi connectivity index (χ1n) is 8.39. The monoisotopic (exact) mass is 392 g/mol. The van der Waals surface area contributed by atoms with Crippen LogP contribution in [0.1, 0.15) is 52.3 Å². The number of carboxylic acid groups (broad SMARTS) is 1. The van der Waals surface area contributed by atoms with E-state index in [1.807, 2.05) is 6.92 Å². The summed E-state index contributed by atoms with van der Waals surface area (Å²) in [6.07, 6.45) is 0.892. The van der Waals surface area contributed by atoms with E-state index in [2.05, 4.69) is 10.6 Å². The molecule has 6 nitrogen and oxygen atoms in total. The zero-order valence-corrected chi connectivity index (χ0v) is 16.1. The van der Waals surface area contributed by atoms with E-state index < -0.39 is 29.1 Å². The molecule has 0 saturated carbocycles. The highest BCUT2D eigenvalue weighted by molar-refractivity contribution is 7.18. The highest BCUT2D eigenvalue weighted by Crippen LogP contribution is 2.28. The van der Waals surface area contributed by atoms with Gasteiger partial charge in [-0.05, 0) is 50.1 Å². The van der Waals surface area contributed by atoms with Crippen LogP contribution >= 0.6 is 11.3 Å². The van der Waals surface area contributed by atoms with Gasteiger partial charge in [0, 0.05) is 5.56 Å². The molecule has 0 aliphatic carbocycles. The van der Waals surface area contributed by atoms with E-state index in [1.165, 1.54) is 25.1 Å². The Morgan fingerprint density at radius 2 is 1.93 bits per heavy atom. The second kappa shape index (κ2) is 8.30. The molecule has 144 valence electrons. The predicted octanol–water partition coefficient (Wildman–Crippen LogP) is 3.82. The molecule has 0 fully saturated rings. The first kappa shape index (κ1) is 20.6. The number of carboxylic acids is 1. The van der Waals surface area contributed by atoms with Crippen molar-refractivity contribution >= 4 is 34.1 Å². The van der Waals surface area contributed by atoms with Crippen LogP contribution in [-0.2, 0) is 4.79 Å². The van der Waals surface area contributed by atoms with Gasteiger partial charge in [-0.15, -0.1) is 11.3 Å². The van der Waals surface area contributed by atoms with Crippen molar-refractivity contribution in [3.63, 3.8) is 0 Å². The van der Waals surface area contributed by atoms with Gasteiger partial charge in [0.05, 0.1) is 9.88 Å². The fraction of sp³-hybridized carbons (Fsp3) is 0.316. The van der Waals surface area contributed by atoms with E-state index >= 15 is 0 Å². The third kappa shape index (κ3) is 4.91. The number of benzene rings is 1. The third-order valence-corrected chi connectivity index (χ3v) is 5.21. The van der Waals surface area contributed by atoms with Crippen LogP contribution in [0, 0.1) is 12.7 Å². The smallest absolute Gasteiger partial charge is 0.329 e. The molecule has 2 amide bonds. The highest BCUT2D eigenvalue weighted by atomic mass is 32.1. The molecule has 1 aromatic heterocycles. The number of carbonyl (C=O) groups is 3. The van der Waals surface area contributed by atoms with E-state index in [0.717, 1.165) is 17.4 Å². The summed E-state index contributed by atoms with van der Waals surface area (Å²) < 4.78 is 13.2. The van der Waals surface area contributed by atoms with Crippen molar-refractivity contribution < 1.29 is 23.9 Å². The maximum absolute atomic E-state index is 13.2. The summed E-state index contributed by atoms with van der Waals surface area (Å²) in [5, 5.41) is 15.0. The zero-order chi connectivity index (χ0) is 20.2. The Labute approximate surface area is 160 Å². The summed E-state index contributed by atoms with van der Waals surface area (Å²) in [4.78, 5) is 36.6. The molecule has 1 unspecified atom stereocenters. The minimum atomic E-state index is -1.37. The van der Waals surface area contributed by atoms with Gasteiger partial charge in [0.1, 0.15) is 11.4 Å². The van der Waals surface area contributed by atoms with Crippen LogP contribution in [0.25, 0.3) is 0 Å². The molecule has 0 bridgehead atoms. The van der Waals surface area contributed by atoms with Gasteiger partial charge in [0.15, 0.2) is 0 Å². The standard InChI is InChI=1S/C19H21FN2O4S/c1-4-8-19(3,18(25)26)22-17(24)15-11(2)9-14(27-15)21-16(23)12-6-5-7-13(20)10-12/h5-7,9-10H,4,8H2,1-3H3,(H,21,23)(H,22,24)(H,25,26). The fourth-order valence-electron chi connectivity index (χ4n) is 2.61. The number of anilines is 1. The number of carbonyl (C=O) groups excluding carboxylic acids is 2. The number of aliphatic carboxylic acids is 1. The van der Waals surface area contributed by atoms with Crippen LogP contribution in [0.3, 0.4) is 0 Å². The molecule has 1 aromatic carbocycles. The fourth-order valence-corrected chi connectivity index (χ4v) is 3.58. The van der Waals surface area contributed by atoms with Crippen LogP contribution < -0.4 is 10.6 Å². The first-order chi connectivity index (χ1) is 12.7. The average Bonchev–Trinajstić information content (AvgIpc) is 2.95. The largest absolute Gasteiger partial charge is 0.480 e. The molecule has 1 atom stereocenters. The summed E-state index contributed by atoms with van der Waals surface area (Å²) in [6.45, 7) is 5.00. The minimum absolute atomic E-state index is 0.161. The van der Waals surface area contributed by atoms with Gasteiger partial charge in [-0.3, -0.25) is 9.59 Å². The van der Waals surface area contributed by atoms with Crippen molar-refractivity contribution in [2.24, 2.45) is 0 Å². The Morgan fingerprint density at radius 1 is 1.22 bits per heavy atom. The molecular formula is C19H21FN2O4S. The molecule has 8 heteroatoms. The zero-order valence-electron chi connectivity index (χ0n) is 15.3. The lowest BCUT2D eigenvalue weighted by Gasteiger charge is -2.25. The molecule has 0 spiro atoms. The van der Waals surface area contributed by atoms with Crippen LogP contribution in [-0.4, -0.2) is 28.4 Å². The van der Waals surface area contributed by atoms with Crippen LogP contribution in [0.4, 0.5) is 9.39 Å². The predicted molar refractivity (Wildman–Crippen MR) is 102 cm³/mol. The van der Waals surface area contributed by atoms with Crippen LogP contribution in [0.15, 0.2) is 30.3 Å². The molecule has 0 aliphatic heterocycles. The number of thiophene rings is 1. The number of nitrogens with one attached hydrogen (secondary N) is 2. The second-order valence-corrected chi connectivity index (χ2v) is 7.48. The Hall–Kier alpha value is -2.74. The van der Waals surface area contributed by atoms with E-state index in [0.29, 0.717) is 28.3 Å². The van der Waals surface area contributed by atoms with Gasteiger partial charge in [-0.2, -0.15) is 0 Å². The summed E-state index contributed by atoms with van der Waals surface area (Å²) in [5.74, 6) is -2.63. The maximum Gasteiger partial charge on any atom is 0.329 e. The van der Waals surface area contributed by atoms with Crippen LogP contribution in [0.5, 0.6) is 0 Å². The van der Waals surface area contributed by atoms with Crippen molar-refractivity contribution in [3.05, 3.63) is 52.2 Å². The number of rotatable bonds is 7. The quantitative estimate of drug-likeness (QED) is 0.667. The van der Waals surface area contributed by atoms with Crippen molar-refractivity contribution in [1.82, 2.24) is 5.32 Å². The van der Waals surface area contributed by atoms with Crippen LogP contribution in [0.2, 0.25) is 0 Å². The number of hydrogen-bond acceptors (Lipinski definition) is 4. The lowest BCUT2D eigenvalue weighted by atomic mass is 9.96. The molecule has 2 aromatic rings. The van der Waals surface area contributed by atoms with E-state index in [-0.39, 0.29) is 5.56 Å². The van der Waals surface area contributed by atoms with Gasteiger partial charge in [0.25, 0.3) is 11.8 Å². The van der Waals surface area contributed by atoms with E-state index in [1.54, 1.807) is 13.0 Å². The Bertz CT molecular complexity index is 880. The summed E-state index contributed by atoms with van der Waals surface area (Å²) in [7, 11) is 0. The number of amides is 2. The minimum Gasteiger partial charge on any atom is -0.480 e. The van der Waals surface area contributed by atoms with Gasteiger partial charge in [0.2, 0.25) is 0 Å². The summed E-state index contributed by atoms with van der Waals surface area (Å²) >= 11 is 1.03. The highest BCUT2D eigenvalue weighted by Gasteiger charge is 2.34. The van der Waals surface area contributed by atoms with E-state index in [4.69, 9.17) is 0 Å². The molecule has 27 heavy (non-hydrogen) atoms. The van der Waals surface area contributed by atoms with Crippen molar-refractivity contribution in [2.45, 2.75) is 39.2 Å². The number of halogens is 1. The maximum atomic E-state index is 13.2. The van der Waals surface area contributed by atoms with Crippen molar-refractivity contribution in [2.75, 3.05) is 5.32 Å². The first-order valence-corrected chi connectivity index (χ1v) is 9.21. The lowest BCUT2D eigenvalue weighted by molar-refractivity contribution is -0.144. The molecular weight excluding hydrogens is 371 g/mol. The third-order valence-electron chi connectivity index (χ3n) is 4.06. The van der Waals surface area contributed by atoms with Gasteiger partial charge in [-0.25, -0.2) is 9.18 Å². The normalized spacial score (nSPS) is 12.9. The summed E-state index contributed by atoms with van der Waals surface area (Å²) in [6, 6.07) is 6.89. The van der Waals surface area contributed by atoms with Gasteiger partial charge in [-0.1, -0.05) is 19.4 Å². The van der Waals surface area contributed by atoms with Crippen molar-refractivity contribution in [3.8, 4) is 0 Å². The molecule has 3 N–H and O–H groups in total. The topological polar surface area (TPSA) is 95.5 Å². The Morgan fingerprint density at radius 3 is 2.52 bits per heavy atom. The lowest BCUT2D eigenvalue weighted by Crippen LogP contribution is -2.52. The SMILES string of the molecule is CCCC(C)(NC(=O)c1sc(NC(=O)c2cccc(F)c2)cc1C)C(=O)O. The molecule has 0 saturated heterocycles. The second-order valence-electron chi connectivity index (χ2n) is 6.43. The molecule has 2 rings (SSSR count). The average molecular weight is 392 g/mol. The van der Waals surface area contributed by atoms with Crippen molar-refractivity contribution in [1.29, 1.82) is 0 Å². The molecule has 0 radical (unpaired) electrons. The number of hydrogen-bond donors (Lipinski definition) is 3. The Balaban J connectivity index is 2.16. The summed E-state index contributed by atoms with van der Waals surface area (Å²) in [5.41, 5.74) is -0.600. The molecule has 0 aliphatic rings. The number of aryl methyl sites for hydroxylation is 1. The van der Waals surface area contributed by atoms with E-state index in [9.17, 15) is 23.9 Å². The van der Waals surface area contributed by atoms with Gasteiger partial charge < -0.3 is 15.7 Å². The molecule has 1 heterocycles.